The number of rotatable bonds is 4. The van der Waals surface area contributed by atoms with Gasteiger partial charge in [0, 0.05) is 12.4 Å². The van der Waals surface area contributed by atoms with Crippen molar-refractivity contribution >= 4 is 17.6 Å². The van der Waals surface area contributed by atoms with E-state index in [1.165, 1.54) is 0 Å². The van der Waals surface area contributed by atoms with Crippen LogP contribution in [0.15, 0.2) is 17.2 Å². The van der Waals surface area contributed by atoms with Gasteiger partial charge in [0.05, 0.1) is 10.6 Å². The Morgan fingerprint density at radius 1 is 1.47 bits per heavy atom. The van der Waals surface area contributed by atoms with Crippen LogP contribution in [0.5, 0.6) is 0 Å². The summed E-state index contributed by atoms with van der Waals surface area (Å²) in [5.41, 5.74) is 4.52. The fraction of sp³-hybridized carbons (Fsp3) is 0.500. The highest BCUT2D eigenvalue weighted by molar-refractivity contribution is 7.99. The molecule has 0 spiro atoms. The van der Waals surface area contributed by atoms with Crippen molar-refractivity contribution in [1.82, 2.24) is 4.98 Å². The minimum absolute atomic E-state index is 0.00225. The lowest BCUT2D eigenvalue weighted by Gasteiger charge is -2.10. The van der Waals surface area contributed by atoms with Gasteiger partial charge in [0.2, 0.25) is 0 Å². The molecule has 0 saturated heterocycles. The van der Waals surface area contributed by atoms with Gasteiger partial charge in [-0.3, -0.25) is 0 Å². The Labute approximate surface area is 101 Å². The molecule has 1 unspecified atom stereocenters. The van der Waals surface area contributed by atoms with E-state index in [1.807, 2.05) is 0 Å². The van der Waals surface area contributed by atoms with Crippen LogP contribution in [0.1, 0.15) is 12.5 Å². The summed E-state index contributed by atoms with van der Waals surface area (Å²) in [4.78, 5) is 3.81. The third kappa shape index (κ3) is 4.43. The number of alkyl halides is 3. The van der Waals surface area contributed by atoms with E-state index in [4.69, 9.17) is 10.8 Å². The van der Waals surface area contributed by atoms with Crippen molar-refractivity contribution in [2.75, 3.05) is 18.1 Å². The average Bonchev–Trinajstić information content (AvgIpc) is 2.24. The summed E-state index contributed by atoms with van der Waals surface area (Å²) in [5, 5.41) is 9.03. The lowest BCUT2D eigenvalue weighted by Crippen LogP contribution is -2.08. The van der Waals surface area contributed by atoms with Gasteiger partial charge < -0.3 is 10.8 Å². The molecule has 0 aliphatic rings. The third-order valence-corrected chi connectivity index (χ3v) is 3.22. The first kappa shape index (κ1) is 14.1. The van der Waals surface area contributed by atoms with E-state index >= 15 is 0 Å². The quantitative estimate of drug-likeness (QED) is 0.822. The third-order valence-electron chi connectivity index (χ3n) is 1.98. The molecule has 1 atom stereocenters. The average molecular weight is 266 g/mol. The molecule has 0 aliphatic heterocycles. The zero-order valence-corrected chi connectivity index (χ0v) is 9.98. The van der Waals surface area contributed by atoms with Crippen molar-refractivity contribution in [3.8, 4) is 0 Å². The number of aliphatic hydroxyl groups is 1. The molecule has 0 radical (unpaired) electrons. The van der Waals surface area contributed by atoms with Gasteiger partial charge >= 0.3 is 6.18 Å². The van der Waals surface area contributed by atoms with E-state index in [0.717, 1.165) is 23.9 Å². The van der Waals surface area contributed by atoms with Crippen molar-refractivity contribution in [2.24, 2.45) is 5.92 Å². The minimum Gasteiger partial charge on any atom is -0.396 e. The number of hydrogen-bond donors (Lipinski definition) is 2. The van der Waals surface area contributed by atoms with Crippen molar-refractivity contribution in [1.29, 1.82) is 0 Å². The first-order valence-electron chi connectivity index (χ1n) is 4.91. The zero-order valence-electron chi connectivity index (χ0n) is 9.16. The summed E-state index contributed by atoms with van der Waals surface area (Å²) in [6, 6.07) is 1.77. The molecule has 1 aromatic heterocycles. The number of thioether (sulfide) groups is 1. The Kier molecular flexibility index (Phi) is 4.64. The molecular formula is C10H13F3N2OS. The number of nitrogen functional groups attached to an aromatic ring is 1. The topological polar surface area (TPSA) is 59.1 Å². The number of halogens is 3. The van der Waals surface area contributed by atoms with Crippen LogP contribution < -0.4 is 5.73 Å². The molecule has 1 heterocycles. The molecule has 0 aromatic carbocycles. The molecule has 0 amide bonds. The monoisotopic (exact) mass is 266 g/mol. The second-order valence-electron chi connectivity index (χ2n) is 3.72. The van der Waals surface area contributed by atoms with Gasteiger partial charge in [-0.1, -0.05) is 6.92 Å². The molecule has 96 valence electrons. The van der Waals surface area contributed by atoms with Gasteiger partial charge in [0.25, 0.3) is 0 Å². The van der Waals surface area contributed by atoms with Crippen molar-refractivity contribution < 1.29 is 18.3 Å². The van der Waals surface area contributed by atoms with Crippen molar-refractivity contribution in [2.45, 2.75) is 18.1 Å². The lowest BCUT2D eigenvalue weighted by atomic mass is 10.2. The number of aliphatic hydroxyl groups excluding tert-OH is 1. The fourth-order valence-electron chi connectivity index (χ4n) is 1.04. The number of anilines is 1. The maximum Gasteiger partial charge on any atom is 0.416 e. The van der Waals surface area contributed by atoms with Crippen LogP contribution in [0, 0.1) is 5.92 Å². The van der Waals surface area contributed by atoms with Gasteiger partial charge in [0.15, 0.2) is 0 Å². The van der Waals surface area contributed by atoms with E-state index < -0.39 is 11.7 Å². The van der Waals surface area contributed by atoms with Gasteiger partial charge in [-0.15, -0.1) is 11.8 Å². The SMILES string of the molecule is CC(CO)CSc1cc(C(F)(F)F)cc(N)n1. The van der Waals surface area contributed by atoms with Crippen molar-refractivity contribution in [3.63, 3.8) is 0 Å². The Bertz CT molecular complexity index is 384. The lowest BCUT2D eigenvalue weighted by molar-refractivity contribution is -0.137. The summed E-state index contributed by atoms with van der Waals surface area (Å²) in [7, 11) is 0. The van der Waals surface area contributed by atoms with Crippen molar-refractivity contribution in [3.05, 3.63) is 17.7 Å². The first-order chi connectivity index (χ1) is 7.82. The van der Waals surface area contributed by atoms with Crippen LogP contribution in [0.25, 0.3) is 0 Å². The Hall–Kier alpha value is -0.950. The van der Waals surface area contributed by atoms with Crippen LogP contribution in [-0.2, 0) is 6.18 Å². The molecule has 3 N–H and O–H groups in total. The van der Waals surface area contributed by atoms with E-state index in [2.05, 4.69) is 4.98 Å². The van der Waals surface area contributed by atoms with Crippen LogP contribution in [0.3, 0.4) is 0 Å². The number of nitrogens with two attached hydrogens (primary N) is 1. The van der Waals surface area contributed by atoms with Crippen LogP contribution in [0.2, 0.25) is 0 Å². The summed E-state index contributed by atoms with van der Waals surface area (Å²) < 4.78 is 37.4. The van der Waals surface area contributed by atoms with E-state index in [1.54, 1.807) is 6.92 Å². The molecule has 0 bridgehead atoms. The Morgan fingerprint density at radius 2 is 2.12 bits per heavy atom. The molecule has 0 saturated carbocycles. The maximum atomic E-state index is 12.5. The highest BCUT2D eigenvalue weighted by atomic mass is 32.2. The smallest absolute Gasteiger partial charge is 0.396 e. The Morgan fingerprint density at radius 3 is 2.65 bits per heavy atom. The van der Waals surface area contributed by atoms with Crippen LogP contribution in [-0.4, -0.2) is 22.5 Å². The molecule has 0 fully saturated rings. The summed E-state index contributed by atoms with van der Waals surface area (Å²) in [5.74, 6) is 0.334. The maximum absolute atomic E-state index is 12.5. The van der Waals surface area contributed by atoms with E-state index in [0.29, 0.717) is 5.75 Å². The number of hydrogen-bond acceptors (Lipinski definition) is 4. The van der Waals surface area contributed by atoms with Crippen LogP contribution >= 0.6 is 11.8 Å². The molecular weight excluding hydrogens is 253 g/mol. The predicted molar refractivity (Wildman–Crippen MR) is 60.6 cm³/mol. The fourth-order valence-corrected chi connectivity index (χ4v) is 1.98. The highest BCUT2D eigenvalue weighted by Crippen LogP contribution is 2.32. The summed E-state index contributed by atoms with van der Waals surface area (Å²) in [6.45, 7) is 1.78. The summed E-state index contributed by atoms with van der Waals surface area (Å²) in [6.07, 6.45) is -4.42. The summed E-state index contributed by atoms with van der Waals surface area (Å²) >= 11 is 1.15. The molecule has 7 heteroatoms. The van der Waals surface area contributed by atoms with E-state index in [9.17, 15) is 13.2 Å². The standard InChI is InChI=1S/C10H13F3N2OS/c1-6(4-16)5-17-9-3-7(10(11,12)13)2-8(14)15-9/h2-3,6,16H,4-5H2,1H3,(H2,14,15). The second kappa shape index (κ2) is 5.59. The zero-order chi connectivity index (χ0) is 13.1. The first-order valence-corrected chi connectivity index (χ1v) is 5.90. The van der Waals surface area contributed by atoms with Gasteiger partial charge in [-0.05, 0) is 18.1 Å². The normalized spacial score (nSPS) is 13.7. The van der Waals surface area contributed by atoms with E-state index in [-0.39, 0.29) is 23.4 Å². The number of pyridine rings is 1. The largest absolute Gasteiger partial charge is 0.416 e. The van der Waals surface area contributed by atoms with Gasteiger partial charge in [0.1, 0.15) is 5.82 Å². The number of nitrogens with zero attached hydrogens (tertiary/aromatic N) is 1. The predicted octanol–water partition coefficient (Wildman–Crippen LogP) is 2.40. The van der Waals surface area contributed by atoms with Gasteiger partial charge in [-0.25, -0.2) is 4.98 Å². The number of aromatic nitrogens is 1. The Balaban J connectivity index is 2.83. The molecule has 3 nitrogen and oxygen atoms in total. The molecule has 17 heavy (non-hydrogen) atoms. The second-order valence-corrected chi connectivity index (χ2v) is 4.76. The van der Waals surface area contributed by atoms with Crippen LogP contribution in [0.4, 0.5) is 19.0 Å². The minimum atomic E-state index is -4.42. The molecule has 0 aliphatic carbocycles. The molecule has 1 aromatic rings. The molecule has 1 rings (SSSR count). The highest BCUT2D eigenvalue weighted by Gasteiger charge is 2.31. The van der Waals surface area contributed by atoms with Gasteiger partial charge in [-0.2, -0.15) is 13.2 Å².